The molecular formula is C14H20N4O4S. The lowest BCUT2D eigenvalue weighted by Crippen LogP contribution is -2.63. The molecule has 0 radical (unpaired) electrons. The monoisotopic (exact) mass is 340 g/mol. The van der Waals surface area contributed by atoms with Gasteiger partial charge in [0.2, 0.25) is 0 Å². The summed E-state index contributed by atoms with van der Waals surface area (Å²) < 4.78 is 4.73. The maximum atomic E-state index is 12.2. The quantitative estimate of drug-likeness (QED) is 0.589. The van der Waals surface area contributed by atoms with E-state index < -0.39 is 23.5 Å². The van der Waals surface area contributed by atoms with Crippen LogP contribution in [0.4, 0.5) is 4.79 Å². The molecule has 126 valence electrons. The average molecular weight is 340 g/mol. The Morgan fingerprint density at radius 2 is 2.22 bits per heavy atom. The number of hydrogen-bond donors (Lipinski definition) is 1. The van der Waals surface area contributed by atoms with Crippen molar-refractivity contribution in [3.05, 3.63) is 12.2 Å². The summed E-state index contributed by atoms with van der Waals surface area (Å²) in [6.07, 6.45) is 3.17. The van der Waals surface area contributed by atoms with Crippen LogP contribution in [-0.4, -0.2) is 71.0 Å². The highest BCUT2D eigenvalue weighted by molar-refractivity contribution is 8.14. The smallest absolute Gasteiger partial charge is 0.325 e. The van der Waals surface area contributed by atoms with Crippen LogP contribution in [0.25, 0.3) is 0 Å². The number of esters is 1. The number of ether oxygens (including phenoxy) is 1. The number of likely N-dealkylation sites (N-methyl/N-ethyl adjacent to an activating group) is 1. The molecule has 1 N–H and O–H groups in total. The predicted octanol–water partition coefficient (Wildman–Crippen LogP) is 0.405. The number of amidine groups is 1. The third kappa shape index (κ3) is 3.34. The van der Waals surface area contributed by atoms with Crippen molar-refractivity contribution in [2.24, 2.45) is 4.99 Å². The molecule has 0 spiro atoms. The highest BCUT2D eigenvalue weighted by atomic mass is 32.2. The number of rotatable bonds is 4. The van der Waals surface area contributed by atoms with Crippen molar-refractivity contribution < 1.29 is 19.1 Å². The number of carbonyl (C=O) groups excluding carboxylic acids is 3. The number of allylic oxidation sites excluding steroid dienone is 1. The summed E-state index contributed by atoms with van der Waals surface area (Å²) in [6, 6.07) is -1.07. The molecule has 2 heterocycles. The lowest BCUT2D eigenvalue weighted by molar-refractivity contribution is -0.139. The highest BCUT2D eigenvalue weighted by Crippen LogP contribution is 2.30. The number of imide groups is 1. The Labute approximate surface area is 138 Å². The average Bonchev–Trinajstić information content (AvgIpc) is 2.88. The predicted molar refractivity (Wildman–Crippen MR) is 86.9 cm³/mol. The lowest BCUT2D eigenvalue weighted by atomic mass is 10.1. The molecule has 8 nitrogen and oxygen atoms in total. The van der Waals surface area contributed by atoms with Crippen molar-refractivity contribution in [1.29, 1.82) is 0 Å². The zero-order valence-electron chi connectivity index (χ0n) is 13.5. The van der Waals surface area contributed by atoms with Crippen LogP contribution in [0.15, 0.2) is 17.1 Å². The molecule has 2 rings (SSSR count). The van der Waals surface area contributed by atoms with E-state index in [1.165, 1.54) is 23.8 Å². The van der Waals surface area contributed by atoms with Crippen LogP contribution in [0.3, 0.4) is 0 Å². The Hall–Kier alpha value is -2.03. The van der Waals surface area contributed by atoms with Crippen LogP contribution in [0.2, 0.25) is 0 Å². The minimum absolute atomic E-state index is 0.368. The molecule has 3 amide bonds. The van der Waals surface area contributed by atoms with E-state index in [0.717, 1.165) is 0 Å². The second-order valence-corrected chi connectivity index (χ2v) is 6.49. The molecule has 2 aliphatic heterocycles. The fourth-order valence-electron chi connectivity index (χ4n) is 2.38. The third-order valence-electron chi connectivity index (χ3n) is 3.68. The standard InChI is InChI=1S/C14H20N4O4S/c1-5-6-7-18-9-10(17(3)13(21)16-11(9)19)15-14(18)23-8(2)12(20)22-4/h5-6,8-10H,7H2,1-4H3,(H,16,19,21)/b6-5+. The molecule has 3 atom stereocenters. The van der Waals surface area contributed by atoms with Crippen molar-refractivity contribution >= 4 is 34.8 Å². The van der Waals surface area contributed by atoms with Gasteiger partial charge in [0.1, 0.15) is 5.25 Å². The maximum Gasteiger partial charge on any atom is 0.325 e. The van der Waals surface area contributed by atoms with Gasteiger partial charge in [-0.1, -0.05) is 23.9 Å². The maximum absolute atomic E-state index is 12.2. The number of urea groups is 1. The number of nitrogens with zero attached hydrogens (tertiary/aromatic N) is 3. The van der Waals surface area contributed by atoms with E-state index >= 15 is 0 Å². The molecule has 1 saturated heterocycles. The summed E-state index contributed by atoms with van der Waals surface area (Å²) in [5.74, 6) is -0.750. The van der Waals surface area contributed by atoms with Gasteiger partial charge in [-0.05, 0) is 13.8 Å². The second kappa shape index (κ2) is 7.03. The molecule has 0 aromatic carbocycles. The first-order valence-electron chi connectivity index (χ1n) is 7.18. The highest BCUT2D eigenvalue weighted by Gasteiger charge is 2.48. The van der Waals surface area contributed by atoms with Crippen LogP contribution >= 0.6 is 11.8 Å². The van der Waals surface area contributed by atoms with Crippen LogP contribution in [0.1, 0.15) is 13.8 Å². The SMILES string of the molecule is C/C=C/CN1C(SC(C)C(=O)OC)=NC2C1C(=O)NC(=O)N2C. The van der Waals surface area contributed by atoms with Gasteiger partial charge in [-0.2, -0.15) is 0 Å². The van der Waals surface area contributed by atoms with Gasteiger partial charge < -0.3 is 14.5 Å². The van der Waals surface area contributed by atoms with E-state index in [0.29, 0.717) is 11.7 Å². The van der Waals surface area contributed by atoms with Gasteiger partial charge >= 0.3 is 12.0 Å². The zero-order chi connectivity index (χ0) is 17.1. The number of hydrogen-bond acceptors (Lipinski definition) is 7. The third-order valence-corrected chi connectivity index (χ3v) is 4.77. The van der Waals surface area contributed by atoms with E-state index in [9.17, 15) is 14.4 Å². The van der Waals surface area contributed by atoms with Gasteiger partial charge in [-0.15, -0.1) is 0 Å². The zero-order valence-corrected chi connectivity index (χ0v) is 14.3. The largest absolute Gasteiger partial charge is 0.468 e. The van der Waals surface area contributed by atoms with E-state index in [1.54, 1.807) is 18.9 Å². The molecule has 1 fully saturated rings. The Morgan fingerprint density at radius 3 is 2.83 bits per heavy atom. The van der Waals surface area contributed by atoms with Gasteiger partial charge in [-0.25, -0.2) is 9.79 Å². The van der Waals surface area contributed by atoms with Crippen molar-refractivity contribution in [3.8, 4) is 0 Å². The topological polar surface area (TPSA) is 91.3 Å². The van der Waals surface area contributed by atoms with Crippen LogP contribution in [-0.2, 0) is 14.3 Å². The van der Waals surface area contributed by atoms with Gasteiger partial charge in [0.25, 0.3) is 5.91 Å². The van der Waals surface area contributed by atoms with Crippen molar-refractivity contribution in [3.63, 3.8) is 0 Å². The number of thioether (sulfide) groups is 1. The molecule has 0 aromatic rings. The summed E-state index contributed by atoms with van der Waals surface area (Å²) in [6.45, 7) is 4.06. The summed E-state index contributed by atoms with van der Waals surface area (Å²) >= 11 is 1.22. The molecule has 0 saturated carbocycles. The number of amides is 3. The molecule has 23 heavy (non-hydrogen) atoms. The Balaban J connectivity index is 2.28. The van der Waals surface area contributed by atoms with Crippen LogP contribution in [0.5, 0.6) is 0 Å². The first-order valence-corrected chi connectivity index (χ1v) is 8.06. The number of methoxy groups -OCH3 is 1. The van der Waals surface area contributed by atoms with Gasteiger partial charge in [-0.3, -0.25) is 14.9 Å². The Bertz CT molecular complexity index is 577. The number of aliphatic imine (C=N–C) groups is 1. The van der Waals surface area contributed by atoms with Gasteiger partial charge in [0.15, 0.2) is 17.4 Å². The molecule has 2 aliphatic rings. The fraction of sp³-hybridized carbons (Fsp3) is 0.571. The second-order valence-electron chi connectivity index (χ2n) is 5.18. The summed E-state index contributed by atoms with van der Waals surface area (Å²) in [5.41, 5.74) is 0. The Kier molecular flexibility index (Phi) is 5.30. The molecular weight excluding hydrogens is 320 g/mol. The van der Waals surface area contributed by atoms with E-state index in [-0.39, 0.29) is 11.9 Å². The number of carbonyl (C=O) groups is 3. The lowest BCUT2D eigenvalue weighted by Gasteiger charge is -2.35. The molecule has 3 unspecified atom stereocenters. The van der Waals surface area contributed by atoms with Gasteiger partial charge in [0.05, 0.1) is 7.11 Å². The fourth-order valence-corrected chi connectivity index (χ4v) is 3.38. The summed E-state index contributed by atoms with van der Waals surface area (Å²) in [5, 5.41) is 2.41. The van der Waals surface area contributed by atoms with E-state index in [1.807, 2.05) is 19.1 Å². The molecule has 9 heteroatoms. The molecule has 0 bridgehead atoms. The summed E-state index contributed by atoms with van der Waals surface area (Å²) in [4.78, 5) is 43.3. The Morgan fingerprint density at radius 1 is 1.52 bits per heavy atom. The minimum atomic E-state index is -0.596. The molecule has 0 aliphatic carbocycles. The minimum Gasteiger partial charge on any atom is -0.468 e. The van der Waals surface area contributed by atoms with Crippen LogP contribution < -0.4 is 5.32 Å². The van der Waals surface area contributed by atoms with Crippen molar-refractivity contribution in [1.82, 2.24) is 15.1 Å². The van der Waals surface area contributed by atoms with Gasteiger partial charge in [0, 0.05) is 13.6 Å². The normalized spacial score (nSPS) is 25.3. The van der Waals surface area contributed by atoms with E-state index in [4.69, 9.17) is 4.74 Å². The summed E-state index contributed by atoms with van der Waals surface area (Å²) in [7, 11) is 2.92. The first-order chi connectivity index (χ1) is 10.9. The van der Waals surface area contributed by atoms with Crippen molar-refractivity contribution in [2.45, 2.75) is 31.3 Å². The number of fused-ring (bicyclic) bond motifs is 1. The van der Waals surface area contributed by atoms with Crippen molar-refractivity contribution in [2.75, 3.05) is 20.7 Å². The number of nitrogens with one attached hydrogen (secondary N) is 1. The first kappa shape index (κ1) is 17.3. The van der Waals surface area contributed by atoms with Crippen LogP contribution in [0, 0.1) is 0 Å². The molecule has 0 aromatic heterocycles. The van der Waals surface area contributed by atoms with E-state index in [2.05, 4.69) is 10.3 Å².